The highest BCUT2D eigenvalue weighted by molar-refractivity contribution is 9.24. The van der Waals surface area contributed by atoms with Gasteiger partial charge in [-0.15, -0.1) is 0 Å². The minimum absolute atomic E-state index is 0.0114. The molecule has 0 aliphatic heterocycles. The van der Waals surface area contributed by atoms with Crippen LogP contribution in [0.2, 0.25) is 0 Å². The molecule has 0 amide bonds. The van der Waals surface area contributed by atoms with Crippen LogP contribution in [0.1, 0.15) is 22.0 Å². The summed E-state index contributed by atoms with van der Waals surface area (Å²) in [6.45, 7) is 5.68. The van der Waals surface area contributed by atoms with Crippen LogP contribution in [-0.4, -0.2) is 4.98 Å². The van der Waals surface area contributed by atoms with E-state index in [4.69, 9.17) is 16.6 Å². The molecule has 0 fully saturated rings. The van der Waals surface area contributed by atoms with Crippen LogP contribution in [0.3, 0.4) is 0 Å². The number of allylic oxidation sites excluding steroid dienone is 5. The van der Waals surface area contributed by atoms with Gasteiger partial charge in [-0.3, -0.25) is 0 Å². The first-order valence-corrected chi connectivity index (χ1v) is 8.62. The molecule has 0 saturated carbocycles. The predicted molar refractivity (Wildman–Crippen MR) is 100 cm³/mol. The summed E-state index contributed by atoms with van der Waals surface area (Å²) in [5, 5.41) is 2.84. The summed E-state index contributed by atoms with van der Waals surface area (Å²) in [7, 11) is 0. The van der Waals surface area contributed by atoms with E-state index >= 15 is 0 Å². The average molecular weight is 428 g/mol. The lowest BCUT2D eigenvalue weighted by Gasteiger charge is -2.12. The molecule has 0 aliphatic carbocycles. The van der Waals surface area contributed by atoms with E-state index in [9.17, 15) is 0 Å². The van der Waals surface area contributed by atoms with Gasteiger partial charge in [-0.25, -0.2) is 4.98 Å². The zero-order valence-electron chi connectivity index (χ0n) is 11.5. The maximum Gasteiger partial charge on any atom is 0.112 e. The van der Waals surface area contributed by atoms with Crippen LogP contribution >= 0.6 is 43.5 Å². The molecule has 1 aromatic heterocycles. The van der Waals surface area contributed by atoms with Gasteiger partial charge in [0.05, 0.1) is 11.4 Å². The van der Waals surface area contributed by atoms with Gasteiger partial charge in [-0.05, 0) is 18.4 Å². The molecule has 2 rings (SSSR count). The predicted octanol–water partition coefficient (Wildman–Crippen LogP) is 6.74. The highest BCUT2D eigenvalue weighted by Crippen LogP contribution is 2.35. The van der Waals surface area contributed by atoms with E-state index < -0.39 is 0 Å². The summed E-state index contributed by atoms with van der Waals surface area (Å²) < 4.78 is -0.0114. The second kappa shape index (κ2) is 7.39. The highest BCUT2D eigenvalue weighted by Gasteiger charge is 2.14. The molecule has 1 aromatic carbocycles. The summed E-state index contributed by atoms with van der Waals surface area (Å²) in [5.41, 5.74) is 2.63. The molecule has 0 radical (unpaired) electrons. The van der Waals surface area contributed by atoms with Crippen molar-refractivity contribution in [1.29, 1.82) is 0 Å². The van der Waals surface area contributed by atoms with E-state index in [2.05, 4.69) is 56.6 Å². The van der Waals surface area contributed by atoms with Gasteiger partial charge >= 0.3 is 0 Å². The Balaban J connectivity index is 2.82. The zero-order chi connectivity index (χ0) is 15.4. The lowest BCUT2D eigenvalue weighted by molar-refractivity contribution is 1.17. The van der Waals surface area contributed by atoms with Crippen molar-refractivity contribution in [1.82, 2.24) is 4.98 Å². The van der Waals surface area contributed by atoms with E-state index in [0.717, 1.165) is 27.7 Å². The Morgan fingerprint density at radius 2 is 2.05 bits per heavy atom. The third-order valence-corrected chi connectivity index (χ3v) is 4.39. The maximum absolute atomic E-state index is 6.36. The quantitative estimate of drug-likeness (QED) is 0.389. The number of hydrogen-bond acceptors (Lipinski definition) is 1. The number of alkyl halides is 2. The lowest BCUT2D eigenvalue weighted by Crippen LogP contribution is -1.97. The first-order chi connectivity index (χ1) is 10.1. The van der Waals surface area contributed by atoms with Crippen LogP contribution in [0.4, 0.5) is 0 Å². The van der Waals surface area contributed by atoms with Crippen molar-refractivity contribution in [3.05, 3.63) is 71.6 Å². The first kappa shape index (κ1) is 16.5. The monoisotopic (exact) mass is 425 g/mol. The minimum Gasteiger partial charge on any atom is -0.250 e. The molecule has 0 bridgehead atoms. The molecule has 21 heavy (non-hydrogen) atoms. The topological polar surface area (TPSA) is 12.9 Å². The molecule has 0 unspecified atom stereocenters. The van der Waals surface area contributed by atoms with Crippen LogP contribution in [0, 0.1) is 0 Å². The van der Waals surface area contributed by atoms with Gasteiger partial charge < -0.3 is 0 Å². The van der Waals surface area contributed by atoms with E-state index in [1.807, 2.05) is 31.2 Å². The fourth-order valence-corrected chi connectivity index (χ4v) is 2.70. The standard InChI is InChI=1S/C17H14Br2ClN/c1-3-7-13(14(20)4-2)16-12-9-6-5-8-11(12)10-15(21-16)17(18)19/h3-10,17H,1H2,2H3/b13-7+,14-4+. The lowest BCUT2D eigenvalue weighted by atomic mass is 10.0. The van der Waals surface area contributed by atoms with Gasteiger partial charge in [0.2, 0.25) is 0 Å². The Kier molecular flexibility index (Phi) is 5.80. The van der Waals surface area contributed by atoms with Gasteiger partial charge in [0.1, 0.15) is 3.74 Å². The zero-order valence-corrected chi connectivity index (χ0v) is 15.4. The number of nitrogens with zero attached hydrogens (tertiary/aromatic N) is 1. The molecule has 4 heteroatoms. The Hall–Kier alpha value is -0.900. The van der Waals surface area contributed by atoms with Crippen molar-refractivity contribution < 1.29 is 0 Å². The summed E-state index contributed by atoms with van der Waals surface area (Å²) in [6.07, 6.45) is 5.47. The minimum atomic E-state index is -0.0114. The van der Waals surface area contributed by atoms with Crippen molar-refractivity contribution in [2.45, 2.75) is 10.7 Å². The number of benzene rings is 1. The molecule has 0 spiro atoms. The van der Waals surface area contributed by atoms with Crippen LogP contribution in [0.15, 0.2) is 60.2 Å². The van der Waals surface area contributed by atoms with Crippen molar-refractivity contribution in [3.8, 4) is 0 Å². The number of halogens is 3. The van der Waals surface area contributed by atoms with Gasteiger partial charge in [0, 0.05) is 16.0 Å². The second-order valence-electron chi connectivity index (χ2n) is 4.37. The summed E-state index contributed by atoms with van der Waals surface area (Å²) in [4.78, 5) is 4.75. The Morgan fingerprint density at radius 3 is 2.67 bits per heavy atom. The summed E-state index contributed by atoms with van der Waals surface area (Å²) >= 11 is 13.4. The van der Waals surface area contributed by atoms with Crippen molar-refractivity contribution in [2.75, 3.05) is 0 Å². The van der Waals surface area contributed by atoms with Gasteiger partial charge in [0.25, 0.3) is 0 Å². The molecule has 2 aromatic rings. The largest absolute Gasteiger partial charge is 0.250 e. The van der Waals surface area contributed by atoms with Crippen molar-refractivity contribution in [3.63, 3.8) is 0 Å². The highest BCUT2D eigenvalue weighted by atomic mass is 79.9. The third-order valence-electron chi connectivity index (χ3n) is 3.03. The molecule has 108 valence electrons. The van der Waals surface area contributed by atoms with E-state index in [1.165, 1.54) is 0 Å². The summed E-state index contributed by atoms with van der Waals surface area (Å²) in [6, 6.07) is 10.2. The van der Waals surface area contributed by atoms with Crippen LogP contribution in [0.25, 0.3) is 16.3 Å². The second-order valence-corrected chi connectivity index (χ2v) is 7.84. The number of rotatable bonds is 4. The van der Waals surface area contributed by atoms with Crippen LogP contribution in [-0.2, 0) is 0 Å². The fourth-order valence-electron chi connectivity index (χ4n) is 2.08. The van der Waals surface area contributed by atoms with Crippen molar-refractivity contribution >= 4 is 59.8 Å². The average Bonchev–Trinajstić information content (AvgIpc) is 2.50. The van der Waals surface area contributed by atoms with Gasteiger partial charge in [-0.2, -0.15) is 0 Å². The molecule has 1 nitrogen and oxygen atoms in total. The maximum atomic E-state index is 6.36. The molecule has 0 N–H and O–H groups in total. The molecule has 0 aliphatic rings. The molecule has 0 atom stereocenters. The Bertz CT molecular complexity index is 733. The Labute approximate surface area is 146 Å². The fraction of sp³-hybridized carbons (Fsp3) is 0.118. The summed E-state index contributed by atoms with van der Waals surface area (Å²) in [5.74, 6) is 0. The number of aromatic nitrogens is 1. The Morgan fingerprint density at radius 1 is 1.33 bits per heavy atom. The van der Waals surface area contributed by atoms with Crippen LogP contribution in [0.5, 0.6) is 0 Å². The number of fused-ring (bicyclic) bond motifs is 1. The normalized spacial score (nSPS) is 13.0. The van der Waals surface area contributed by atoms with E-state index in [-0.39, 0.29) is 3.74 Å². The number of hydrogen-bond donors (Lipinski definition) is 0. The smallest absolute Gasteiger partial charge is 0.112 e. The van der Waals surface area contributed by atoms with Gasteiger partial charge in [-0.1, -0.05) is 92.5 Å². The van der Waals surface area contributed by atoms with Gasteiger partial charge in [0.15, 0.2) is 0 Å². The van der Waals surface area contributed by atoms with Crippen molar-refractivity contribution in [2.24, 2.45) is 0 Å². The molecule has 0 saturated heterocycles. The third kappa shape index (κ3) is 3.65. The van der Waals surface area contributed by atoms with Crippen LogP contribution < -0.4 is 0 Å². The van der Waals surface area contributed by atoms with E-state index in [1.54, 1.807) is 6.08 Å². The molecular weight excluding hydrogens is 413 g/mol. The number of pyridine rings is 1. The molecular formula is C17H14Br2ClN. The van der Waals surface area contributed by atoms with E-state index in [0.29, 0.717) is 5.03 Å². The SMILES string of the molecule is C=C/C=C(\C(Cl)=C/C)c1nc(C(Br)Br)cc2ccccc12. The molecule has 1 heterocycles. The first-order valence-electron chi connectivity index (χ1n) is 6.41.